The predicted molar refractivity (Wildman–Crippen MR) is 37.5 cm³/mol. The van der Waals surface area contributed by atoms with Crippen LogP contribution in [0.25, 0.3) is 0 Å². The zero-order valence-corrected chi connectivity index (χ0v) is 6.22. The highest BCUT2D eigenvalue weighted by Gasteiger charge is 2.14. The van der Waals surface area contributed by atoms with Crippen LogP contribution in [0.15, 0.2) is 11.8 Å². The topological polar surface area (TPSA) is 55.4 Å². The number of amides is 1. The highest BCUT2D eigenvalue weighted by Crippen LogP contribution is 2.09. The van der Waals surface area contributed by atoms with Gasteiger partial charge in [0.15, 0.2) is 0 Å². The standard InChI is InChI=1S/C7H9NO3/c1-11-7(10)4-5-2-3-6(9)8-5/h4H,2-3H2,1H3,(H,8,9)/b5-4+. The smallest absolute Gasteiger partial charge is 0.332 e. The number of carbonyl (C=O) groups excluding carboxylic acids is 2. The van der Waals surface area contributed by atoms with Crippen molar-refractivity contribution in [3.63, 3.8) is 0 Å². The van der Waals surface area contributed by atoms with Gasteiger partial charge in [-0.1, -0.05) is 0 Å². The fourth-order valence-electron chi connectivity index (χ4n) is 0.862. The van der Waals surface area contributed by atoms with Crippen LogP contribution in [0.1, 0.15) is 12.8 Å². The van der Waals surface area contributed by atoms with Crippen molar-refractivity contribution in [3.05, 3.63) is 11.8 Å². The third kappa shape index (κ3) is 2.07. The molecule has 60 valence electrons. The van der Waals surface area contributed by atoms with Gasteiger partial charge >= 0.3 is 5.97 Å². The molecule has 1 aliphatic rings. The number of hydrogen-bond acceptors (Lipinski definition) is 3. The monoisotopic (exact) mass is 155 g/mol. The number of hydrogen-bond donors (Lipinski definition) is 1. The van der Waals surface area contributed by atoms with Crippen molar-refractivity contribution in [1.82, 2.24) is 5.32 Å². The maximum Gasteiger partial charge on any atom is 0.332 e. The van der Waals surface area contributed by atoms with E-state index >= 15 is 0 Å². The van der Waals surface area contributed by atoms with E-state index in [2.05, 4.69) is 10.1 Å². The van der Waals surface area contributed by atoms with Crippen molar-refractivity contribution in [2.24, 2.45) is 0 Å². The first-order valence-electron chi connectivity index (χ1n) is 3.31. The Morgan fingerprint density at radius 2 is 2.36 bits per heavy atom. The Morgan fingerprint density at radius 1 is 1.64 bits per heavy atom. The lowest BCUT2D eigenvalue weighted by Crippen LogP contribution is -2.13. The summed E-state index contributed by atoms with van der Waals surface area (Å²) in [5, 5.41) is 2.54. The summed E-state index contributed by atoms with van der Waals surface area (Å²) in [4.78, 5) is 21.2. The molecule has 0 aromatic rings. The number of allylic oxidation sites excluding steroid dienone is 1. The number of carbonyl (C=O) groups is 2. The molecule has 1 N–H and O–H groups in total. The number of esters is 1. The van der Waals surface area contributed by atoms with Crippen molar-refractivity contribution < 1.29 is 14.3 Å². The molecule has 0 bridgehead atoms. The number of rotatable bonds is 1. The Balaban J connectivity index is 2.54. The molecule has 0 aromatic carbocycles. The van der Waals surface area contributed by atoms with E-state index in [1.807, 2.05) is 0 Å². The minimum atomic E-state index is -0.429. The summed E-state index contributed by atoms with van der Waals surface area (Å²) in [5.74, 6) is -0.470. The predicted octanol–water partition coefficient (Wildman–Crippen LogP) is -0.0467. The molecule has 1 aliphatic heterocycles. The molecule has 0 aromatic heterocycles. The summed E-state index contributed by atoms with van der Waals surface area (Å²) in [5.41, 5.74) is 0.641. The quantitative estimate of drug-likeness (QED) is 0.426. The van der Waals surface area contributed by atoms with Crippen LogP contribution in [0.4, 0.5) is 0 Å². The normalized spacial score (nSPS) is 20.1. The summed E-state index contributed by atoms with van der Waals surface area (Å²) in [7, 11) is 1.30. The van der Waals surface area contributed by atoms with Crippen LogP contribution in [0, 0.1) is 0 Å². The van der Waals surface area contributed by atoms with E-state index in [9.17, 15) is 9.59 Å². The molecule has 0 radical (unpaired) electrons. The Hall–Kier alpha value is -1.32. The first-order chi connectivity index (χ1) is 5.22. The summed E-state index contributed by atoms with van der Waals surface area (Å²) in [6, 6.07) is 0. The molecule has 4 nitrogen and oxygen atoms in total. The molecule has 4 heteroatoms. The number of methoxy groups -OCH3 is 1. The molecule has 0 saturated carbocycles. The molecular weight excluding hydrogens is 146 g/mol. The molecule has 0 spiro atoms. The van der Waals surface area contributed by atoms with Gasteiger partial charge in [0.2, 0.25) is 5.91 Å². The molecule has 0 aliphatic carbocycles. The summed E-state index contributed by atoms with van der Waals surface area (Å²) >= 11 is 0. The van der Waals surface area contributed by atoms with E-state index in [4.69, 9.17) is 0 Å². The van der Waals surface area contributed by atoms with Gasteiger partial charge in [-0.15, -0.1) is 0 Å². The van der Waals surface area contributed by atoms with Gasteiger partial charge in [-0.3, -0.25) is 4.79 Å². The molecule has 1 saturated heterocycles. The van der Waals surface area contributed by atoms with Gasteiger partial charge in [-0.2, -0.15) is 0 Å². The molecular formula is C7H9NO3. The second kappa shape index (κ2) is 3.18. The van der Waals surface area contributed by atoms with Crippen molar-refractivity contribution in [2.45, 2.75) is 12.8 Å². The van der Waals surface area contributed by atoms with E-state index in [0.29, 0.717) is 18.5 Å². The van der Waals surface area contributed by atoms with E-state index in [0.717, 1.165) is 0 Å². The highest BCUT2D eigenvalue weighted by atomic mass is 16.5. The van der Waals surface area contributed by atoms with Crippen molar-refractivity contribution in [2.75, 3.05) is 7.11 Å². The van der Waals surface area contributed by atoms with Gasteiger partial charge in [-0.25, -0.2) is 4.79 Å². The molecule has 1 heterocycles. The molecule has 0 unspecified atom stereocenters. The van der Waals surface area contributed by atoms with E-state index in [1.54, 1.807) is 0 Å². The average molecular weight is 155 g/mol. The van der Waals surface area contributed by atoms with Crippen LogP contribution in [-0.4, -0.2) is 19.0 Å². The lowest BCUT2D eigenvalue weighted by molar-refractivity contribution is -0.134. The Bertz CT molecular complexity index is 220. The van der Waals surface area contributed by atoms with Gasteiger partial charge < -0.3 is 10.1 Å². The van der Waals surface area contributed by atoms with Crippen LogP contribution in [0.5, 0.6) is 0 Å². The molecule has 11 heavy (non-hydrogen) atoms. The number of ether oxygens (including phenoxy) is 1. The van der Waals surface area contributed by atoms with E-state index < -0.39 is 5.97 Å². The van der Waals surface area contributed by atoms with Crippen LogP contribution < -0.4 is 5.32 Å². The summed E-state index contributed by atoms with van der Waals surface area (Å²) in [6.45, 7) is 0. The minimum Gasteiger partial charge on any atom is -0.466 e. The lowest BCUT2D eigenvalue weighted by Gasteiger charge is -1.94. The third-order valence-electron chi connectivity index (χ3n) is 1.41. The molecule has 1 rings (SSSR count). The average Bonchev–Trinajstić information content (AvgIpc) is 2.35. The Morgan fingerprint density at radius 3 is 2.82 bits per heavy atom. The minimum absolute atomic E-state index is 0.0415. The Kier molecular flexibility index (Phi) is 2.25. The van der Waals surface area contributed by atoms with Gasteiger partial charge in [0.1, 0.15) is 0 Å². The summed E-state index contributed by atoms with van der Waals surface area (Å²) in [6.07, 6.45) is 2.36. The lowest BCUT2D eigenvalue weighted by atomic mass is 10.3. The van der Waals surface area contributed by atoms with Gasteiger partial charge in [0, 0.05) is 18.2 Å². The molecule has 0 atom stereocenters. The first-order valence-corrected chi connectivity index (χ1v) is 3.31. The summed E-state index contributed by atoms with van der Waals surface area (Å²) < 4.78 is 4.38. The van der Waals surface area contributed by atoms with Gasteiger partial charge in [-0.05, 0) is 6.42 Å². The van der Waals surface area contributed by atoms with Crippen molar-refractivity contribution in [3.8, 4) is 0 Å². The maximum absolute atomic E-state index is 10.6. The zero-order valence-electron chi connectivity index (χ0n) is 6.22. The number of nitrogens with one attached hydrogen (secondary N) is 1. The molecule has 1 amide bonds. The van der Waals surface area contributed by atoms with Gasteiger partial charge in [0.05, 0.1) is 7.11 Å². The van der Waals surface area contributed by atoms with Crippen LogP contribution in [0.3, 0.4) is 0 Å². The van der Waals surface area contributed by atoms with Crippen LogP contribution in [-0.2, 0) is 14.3 Å². The Labute approximate surface area is 64.2 Å². The fourth-order valence-corrected chi connectivity index (χ4v) is 0.862. The maximum atomic E-state index is 10.6. The zero-order chi connectivity index (χ0) is 8.27. The van der Waals surface area contributed by atoms with E-state index in [1.165, 1.54) is 13.2 Å². The largest absolute Gasteiger partial charge is 0.466 e. The van der Waals surface area contributed by atoms with E-state index in [-0.39, 0.29) is 5.91 Å². The van der Waals surface area contributed by atoms with Crippen molar-refractivity contribution in [1.29, 1.82) is 0 Å². The van der Waals surface area contributed by atoms with Gasteiger partial charge in [0.25, 0.3) is 0 Å². The van der Waals surface area contributed by atoms with Crippen LogP contribution >= 0.6 is 0 Å². The third-order valence-corrected chi connectivity index (χ3v) is 1.41. The van der Waals surface area contributed by atoms with Crippen molar-refractivity contribution >= 4 is 11.9 Å². The van der Waals surface area contributed by atoms with Crippen LogP contribution in [0.2, 0.25) is 0 Å². The first kappa shape index (κ1) is 7.78. The highest BCUT2D eigenvalue weighted by molar-refractivity contribution is 5.87. The fraction of sp³-hybridized carbons (Fsp3) is 0.429. The second-order valence-corrected chi connectivity index (χ2v) is 2.24. The molecule has 1 fully saturated rings. The second-order valence-electron chi connectivity index (χ2n) is 2.24. The SMILES string of the molecule is COC(=O)/C=C1\CCC(=O)N1.